The summed E-state index contributed by atoms with van der Waals surface area (Å²) in [6.45, 7) is 5.08. The molecule has 0 unspecified atom stereocenters. The molecule has 0 heterocycles. The van der Waals surface area contributed by atoms with Gasteiger partial charge in [-0.15, -0.1) is 0 Å². The predicted octanol–water partition coefficient (Wildman–Crippen LogP) is 5.23. The van der Waals surface area contributed by atoms with E-state index in [2.05, 4.69) is 15.9 Å². The lowest BCUT2D eigenvalue weighted by molar-refractivity contribution is 0.112. The minimum atomic E-state index is 0.576. The van der Waals surface area contributed by atoms with Crippen LogP contribution in [0.1, 0.15) is 35.3 Å². The number of carbonyl (C=O) groups is 1. The first-order valence-corrected chi connectivity index (χ1v) is 8.29. The van der Waals surface area contributed by atoms with Crippen LogP contribution in [0.4, 0.5) is 0 Å². The van der Waals surface area contributed by atoms with Crippen LogP contribution in [0.15, 0.2) is 40.9 Å². The molecule has 0 saturated heterocycles. The van der Waals surface area contributed by atoms with E-state index in [0.29, 0.717) is 24.5 Å². The molecule has 0 aliphatic rings. The van der Waals surface area contributed by atoms with Crippen molar-refractivity contribution < 1.29 is 14.3 Å². The van der Waals surface area contributed by atoms with Crippen molar-refractivity contribution in [3.05, 3.63) is 57.6 Å². The number of hydrogen-bond acceptors (Lipinski definition) is 3. The van der Waals surface area contributed by atoms with Crippen molar-refractivity contribution in [1.29, 1.82) is 0 Å². The number of aldehydes is 1. The average molecular weight is 375 g/mol. The number of hydrogen-bond donors (Lipinski definition) is 0. The van der Waals surface area contributed by atoms with E-state index in [1.54, 1.807) is 6.07 Å². The molecule has 4 heteroatoms. The minimum absolute atomic E-state index is 0.576. The molecule has 2 aromatic rings. The van der Waals surface area contributed by atoms with Crippen LogP contribution in [0.3, 0.4) is 0 Å². The Kier molecular flexibility index (Phi) is 6.41. The Balaban J connectivity index is 2.24. The lowest BCUT2D eigenvalue weighted by Gasteiger charge is -2.07. The molecule has 0 bridgehead atoms. The van der Waals surface area contributed by atoms with Gasteiger partial charge in [-0.1, -0.05) is 40.2 Å². The topological polar surface area (TPSA) is 35.5 Å². The van der Waals surface area contributed by atoms with Gasteiger partial charge < -0.3 is 9.47 Å². The quantitative estimate of drug-likeness (QED) is 0.491. The van der Waals surface area contributed by atoms with E-state index >= 15 is 0 Å². The summed E-state index contributed by atoms with van der Waals surface area (Å²) in [4.78, 5) is 11.3. The molecule has 0 aliphatic carbocycles. The van der Waals surface area contributed by atoms with E-state index in [1.165, 1.54) is 0 Å². The molecule has 2 aromatic carbocycles. The number of halogens is 1. The zero-order chi connectivity index (χ0) is 16.7. The van der Waals surface area contributed by atoms with Crippen molar-refractivity contribution in [2.75, 3.05) is 13.2 Å². The molecule has 23 heavy (non-hydrogen) atoms. The molecule has 120 valence electrons. The molecule has 0 atom stereocenters. The molecular weight excluding hydrogens is 356 g/mol. The Hall–Kier alpha value is -2.07. The average Bonchev–Trinajstić information content (AvgIpc) is 2.55. The Bertz CT molecular complexity index is 708. The van der Waals surface area contributed by atoms with Crippen LogP contribution in [0, 0.1) is 0 Å². The van der Waals surface area contributed by atoms with Crippen LogP contribution in [-0.4, -0.2) is 19.5 Å². The Morgan fingerprint density at radius 2 is 1.43 bits per heavy atom. The molecule has 0 N–H and O–H groups in total. The molecule has 0 aliphatic heterocycles. The van der Waals surface area contributed by atoms with Crippen LogP contribution >= 0.6 is 15.9 Å². The van der Waals surface area contributed by atoms with Gasteiger partial charge in [0, 0.05) is 10.0 Å². The van der Waals surface area contributed by atoms with E-state index in [0.717, 1.165) is 27.6 Å². The standard InChI is InChI=1S/C19H19BrO3/c1-3-22-17-9-7-14(16(11-17)13-21)5-6-15-8-10-18(23-4-2)12-19(15)20/h5-13H,3-4H2,1-2H3/b6-5+. The summed E-state index contributed by atoms with van der Waals surface area (Å²) in [5, 5.41) is 0. The van der Waals surface area contributed by atoms with E-state index < -0.39 is 0 Å². The first-order chi connectivity index (χ1) is 11.2. The maximum atomic E-state index is 11.3. The van der Waals surface area contributed by atoms with Gasteiger partial charge >= 0.3 is 0 Å². The number of carbonyl (C=O) groups excluding carboxylic acids is 1. The Morgan fingerprint density at radius 3 is 2.00 bits per heavy atom. The smallest absolute Gasteiger partial charge is 0.150 e. The van der Waals surface area contributed by atoms with Gasteiger partial charge in [-0.25, -0.2) is 0 Å². The summed E-state index contributed by atoms with van der Waals surface area (Å²) in [5.74, 6) is 1.53. The van der Waals surface area contributed by atoms with E-state index in [-0.39, 0.29) is 0 Å². The SMILES string of the molecule is CCOc1ccc(/C=C/c2ccc(OCC)cc2C=O)c(Br)c1. The third-order valence-corrected chi connectivity index (χ3v) is 3.91. The summed E-state index contributed by atoms with van der Waals surface area (Å²) in [6, 6.07) is 11.3. The lowest BCUT2D eigenvalue weighted by atomic mass is 10.1. The summed E-state index contributed by atoms with van der Waals surface area (Å²) in [5.41, 5.74) is 2.47. The summed E-state index contributed by atoms with van der Waals surface area (Å²) >= 11 is 3.54. The van der Waals surface area contributed by atoms with E-state index in [9.17, 15) is 4.79 Å². The van der Waals surface area contributed by atoms with E-state index in [4.69, 9.17) is 9.47 Å². The van der Waals surface area contributed by atoms with Gasteiger partial charge in [-0.05, 0) is 49.2 Å². The highest BCUT2D eigenvalue weighted by Crippen LogP contribution is 2.26. The fourth-order valence-electron chi connectivity index (χ4n) is 2.14. The van der Waals surface area contributed by atoms with Crippen LogP contribution in [-0.2, 0) is 0 Å². The highest BCUT2D eigenvalue weighted by Gasteiger charge is 2.03. The largest absolute Gasteiger partial charge is 0.494 e. The first-order valence-electron chi connectivity index (χ1n) is 7.50. The highest BCUT2D eigenvalue weighted by atomic mass is 79.9. The van der Waals surface area contributed by atoms with Gasteiger partial charge in [0.15, 0.2) is 6.29 Å². The maximum absolute atomic E-state index is 11.3. The van der Waals surface area contributed by atoms with Gasteiger partial charge in [-0.3, -0.25) is 4.79 Å². The second kappa shape index (κ2) is 8.53. The number of rotatable bonds is 7. The molecular formula is C19H19BrO3. The van der Waals surface area contributed by atoms with Crippen molar-refractivity contribution in [3.8, 4) is 11.5 Å². The normalized spacial score (nSPS) is 10.7. The molecule has 3 nitrogen and oxygen atoms in total. The summed E-state index contributed by atoms with van der Waals surface area (Å²) in [7, 11) is 0. The van der Waals surface area contributed by atoms with Gasteiger partial charge in [0.2, 0.25) is 0 Å². The fraction of sp³-hybridized carbons (Fsp3) is 0.211. The molecule has 0 saturated carbocycles. The van der Waals surface area contributed by atoms with Crippen molar-refractivity contribution >= 4 is 34.4 Å². The third kappa shape index (κ3) is 4.70. The second-order valence-electron chi connectivity index (χ2n) is 4.79. The zero-order valence-corrected chi connectivity index (χ0v) is 14.8. The van der Waals surface area contributed by atoms with Crippen LogP contribution in [0.5, 0.6) is 11.5 Å². The van der Waals surface area contributed by atoms with Gasteiger partial charge in [0.05, 0.1) is 13.2 Å². The van der Waals surface area contributed by atoms with Crippen LogP contribution < -0.4 is 9.47 Å². The van der Waals surface area contributed by atoms with Crippen LogP contribution in [0.25, 0.3) is 12.2 Å². The highest BCUT2D eigenvalue weighted by molar-refractivity contribution is 9.10. The van der Waals surface area contributed by atoms with Crippen molar-refractivity contribution in [2.24, 2.45) is 0 Å². The van der Waals surface area contributed by atoms with E-state index in [1.807, 2.05) is 56.3 Å². The van der Waals surface area contributed by atoms with Crippen molar-refractivity contribution in [1.82, 2.24) is 0 Å². The Labute approximate surface area is 145 Å². The minimum Gasteiger partial charge on any atom is -0.494 e. The van der Waals surface area contributed by atoms with Gasteiger partial charge in [0.1, 0.15) is 11.5 Å². The molecule has 0 amide bonds. The van der Waals surface area contributed by atoms with Crippen LogP contribution in [0.2, 0.25) is 0 Å². The van der Waals surface area contributed by atoms with Gasteiger partial charge in [0.25, 0.3) is 0 Å². The Morgan fingerprint density at radius 1 is 0.870 bits per heavy atom. The zero-order valence-electron chi connectivity index (χ0n) is 13.2. The molecule has 0 aromatic heterocycles. The monoisotopic (exact) mass is 374 g/mol. The number of ether oxygens (including phenoxy) is 2. The third-order valence-electron chi connectivity index (χ3n) is 3.22. The predicted molar refractivity (Wildman–Crippen MR) is 97.2 cm³/mol. The molecule has 0 fully saturated rings. The molecule has 0 radical (unpaired) electrons. The number of benzene rings is 2. The molecule has 2 rings (SSSR count). The summed E-state index contributed by atoms with van der Waals surface area (Å²) in [6.07, 6.45) is 4.72. The molecule has 0 spiro atoms. The van der Waals surface area contributed by atoms with Gasteiger partial charge in [-0.2, -0.15) is 0 Å². The van der Waals surface area contributed by atoms with Crippen molar-refractivity contribution in [3.63, 3.8) is 0 Å². The van der Waals surface area contributed by atoms with Crippen molar-refractivity contribution in [2.45, 2.75) is 13.8 Å². The maximum Gasteiger partial charge on any atom is 0.150 e. The fourth-order valence-corrected chi connectivity index (χ4v) is 2.63. The second-order valence-corrected chi connectivity index (χ2v) is 5.65. The lowest BCUT2D eigenvalue weighted by Crippen LogP contribution is -1.94. The summed E-state index contributed by atoms with van der Waals surface area (Å²) < 4.78 is 11.8. The first kappa shape index (κ1) is 17.3.